The maximum absolute atomic E-state index is 13.2. The van der Waals surface area contributed by atoms with Crippen LogP contribution in [0.2, 0.25) is 0 Å². The molecule has 202 valence electrons. The number of hydrogen-bond donors (Lipinski definition) is 5. The van der Waals surface area contributed by atoms with E-state index in [9.17, 15) is 54.3 Å². The second-order valence-corrected chi connectivity index (χ2v) is 8.49. The monoisotopic (exact) mass is 522 g/mol. The lowest BCUT2D eigenvalue weighted by Gasteiger charge is -2.36. The molecule has 0 bridgehead atoms. The maximum atomic E-state index is 13.2. The van der Waals surface area contributed by atoms with E-state index in [2.05, 4.69) is 0 Å². The Labute approximate surface area is 212 Å². The first-order valence-corrected chi connectivity index (χ1v) is 11.4. The van der Waals surface area contributed by atoms with Crippen LogP contribution in [-0.2, 0) is 33.5 Å². The first-order chi connectivity index (χ1) is 17.3. The van der Waals surface area contributed by atoms with E-state index in [-0.39, 0.29) is 19.4 Å². The van der Waals surface area contributed by atoms with Gasteiger partial charge in [0, 0.05) is 0 Å². The van der Waals surface area contributed by atoms with Gasteiger partial charge in [-0.05, 0) is 31.2 Å². The van der Waals surface area contributed by atoms with Crippen molar-refractivity contribution in [1.82, 2.24) is 0 Å². The van der Waals surface area contributed by atoms with E-state index < -0.39 is 77.2 Å². The minimum absolute atomic E-state index is 0.0914. The summed E-state index contributed by atoms with van der Waals surface area (Å²) < 4.78 is 5.07. The van der Waals surface area contributed by atoms with Crippen molar-refractivity contribution >= 4 is 35.8 Å². The summed E-state index contributed by atoms with van der Waals surface area (Å²) in [6.07, 6.45) is -0.0518. The van der Waals surface area contributed by atoms with Crippen molar-refractivity contribution in [3.8, 4) is 0 Å². The Balaban J connectivity index is 3.94. The zero-order valence-corrected chi connectivity index (χ0v) is 20.2. The van der Waals surface area contributed by atoms with Crippen molar-refractivity contribution in [3.05, 3.63) is 42.8 Å². The molecule has 0 spiro atoms. The summed E-state index contributed by atoms with van der Waals surface area (Å²) in [5.74, 6) is -25.2. The maximum Gasteiger partial charge on any atom is 0.310 e. The van der Waals surface area contributed by atoms with Gasteiger partial charge in [-0.3, -0.25) is 28.8 Å². The highest BCUT2D eigenvalue weighted by Crippen LogP contribution is 2.43. The molecule has 0 aliphatic carbocycles. The topological polar surface area (TPSA) is 213 Å². The Morgan fingerprint density at radius 3 is 1.54 bits per heavy atom. The fourth-order valence-electron chi connectivity index (χ4n) is 4.64. The number of esters is 1. The van der Waals surface area contributed by atoms with Crippen molar-refractivity contribution < 1.29 is 59.0 Å². The molecule has 0 aliphatic heterocycles. The number of aliphatic carboxylic acids is 5. The number of carboxylic acid groups (broad SMARTS) is 5. The standard InChI is InChI=1S/C25H30O12/c1-4-11-37-25(36)16(14(5-2)13-9-7-6-8-10-13)18(23(32)33)19(24(34)35)17(22(30)31)15(21(28)29)12(3)20(26)27/h1,6-10,12,14-19H,4-5,11H2,2-3H3,(H,26,27)(H,28,29)(H,30,31)(H,32,33)(H,34,35). The molecule has 0 aromatic heterocycles. The highest BCUT2D eigenvalue weighted by Gasteiger charge is 2.56. The van der Waals surface area contributed by atoms with Crippen LogP contribution in [0.4, 0.5) is 0 Å². The molecule has 0 saturated heterocycles. The zero-order valence-electron chi connectivity index (χ0n) is 20.2. The van der Waals surface area contributed by atoms with Gasteiger partial charge in [0.1, 0.15) is 0 Å². The van der Waals surface area contributed by atoms with E-state index >= 15 is 0 Å². The summed E-state index contributed by atoms with van der Waals surface area (Å²) in [5, 5.41) is 49.2. The fraction of sp³-hybridized carbons (Fsp3) is 0.480. The van der Waals surface area contributed by atoms with E-state index in [1.807, 2.05) is 0 Å². The fourth-order valence-corrected chi connectivity index (χ4v) is 4.64. The molecule has 37 heavy (non-hydrogen) atoms. The number of carbonyl (C=O) groups is 6. The third-order valence-electron chi connectivity index (χ3n) is 6.35. The largest absolute Gasteiger partial charge is 0.481 e. The molecule has 0 saturated carbocycles. The summed E-state index contributed by atoms with van der Waals surface area (Å²) in [6.45, 7) is 7.50. The van der Waals surface area contributed by atoms with Crippen LogP contribution in [0.3, 0.4) is 0 Å². The van der Waals surface area contributed by atoms with Gasteiger partial charge in [0.2, 0.25) is 0 Å². The van der Waals surface area contributed by atoms with Gasteiger partial charge in [-0.15, -0.1) is 0 Å². The number of ether oxygens (including phenoxy) is 1. The summed E-state index contributed by atoms with van der Waals surface area (Å²) >= 11 is 0. The molecular formula is C25H30O12. The minimum Gasteiger partial charge on any atom is -0.481 e. The smallest absolute Gasteiger partial charge is 0.310 e. The van der Waals surface area contributed by atoms with Gasteiger partial charge in [0.15, 0.2) is 0 Å². The lowest BCUT2D eigenvalue weighted by atomic mass is 9.64. The Morgan fingerprint density at radius 1 is 0.730 bits per heavy atom. The molecule has 0 amide bonds. The Morgan fingerprint density at radius 2 is 1.16 bits per heavy atom. The lowest BCUT2D eigenvalue weighted by molar-refractivity contribution is -0.177. The van der Waals surface area contributed by atoms with E-state index in [1.165, 1.54) is 0 Å². The van der Waals surface area contributed by atoms with Crippen LogP contribution >= 0.6 is 0 Å². The molecule has 7 unspecified atom stereocenters. The minimum atomic E-state index is -2.53. The second kappa shape index (κ2) is 14.0. The Hall–Kier alpha value is -3.96. The van der Waals surface area contributed by atoms with E-state index in [1.54, 1.807) is 37.3 Å². The first kappa shape index (κ1) is 31.1. The molecule has 0 fully saturated rings. The molecule has 1 aromatic rings. The normalized spacial score (nSPS) is 16.7. The van der Waals surface area contributed by atoms with Gasteiger partial charge in [-0.25, -0.2) is 0 Å². The summed E-state index contributed by atoms with van der Waals surface area (Å²) in [6, 6.07) is 7.97. The molecule has 5 N–H and O–H groups in total. The van der Waals surface area contributed by atoms with Crippen LogP contribution < -0.4 is 0 Å². The molecule has 1 aromatic carbocycles. The van der Waals surface area contributed by atoms with Gasteiger partial charge < -0.3 is 30.3 Å². The van der Waals surface area contributed by atoms with Crippen LogP contribution in [0, 0.1) is 42.4 Å². The van der Waals surface area contributed by atoms with Gasteiger partial charge in [0.05, 0.1) is 42.1 Å². The van der Waals surface area contributed by atoms with E-state index in [4.69, 9.17) is 11.7 Å². The highest BCUT2D eigenvalue weighted by atomic mass is 16.5. The summed E-state index contributed by atoms with van der Waals surface area (Å²) in [5.41, 5.74) is 0.427. The third-order valence-corrected chi connectivity index (χ3v) is 6.35. The Bertz CT molecular complexity index is 989. The van der Waals surface area contributed by atoms with Crippen molar-refractivity contribution in [3.63, 3.8) is 0 Å². The average Bonchev–Trinajstić information content (AvgIpc) is 2.82. The molecule has 12 nitrogen and oxygen atoms in total. The van der Waals surface area contributed by atoms with E-state index in [0.717, 1.165) is 6.92 Å². The number of carbonyl (C=O) groups excluding carboxylic acids is 1. The SMILES string of the molecule is [CH]CCOC(=O)C(C(CC)c1ccccc1)C(C(=O)O)C(C(=O)O)C(C(=O)O)C(C(=O)O)C(C)C(=O)O. The number of hydrogen-bond acceptors (Lipinski definition) is 7. The van der Waals surface area contributed by atoms with Crippen molar-refractivity contribution in [2.45, 2.75) is 32.6 Å². The Kier molecular flexibility index (Phi) is 11.7. The van der Waals surface area contributed by atoms with Crippen LogP contribution in [0.1, 0.15) is 38.2 Å². The van der Waals surface area contributed by atoms with Crippen LogP contribution in [0.15, 0.2) is 30.3 Å². The molecule has 12 heteroatoms. The van der Waals surface area contributed by atoms with Gasteiger partial charge >= 0.3 is 35.8 Å². The van der Waals surface area contributed by atoms with Crippen molar-refractivity contribution in [2.75, 3.05) is 6.61 Å². The van der Waals surface area contributed by atoms with Gasteiger partial charge in [0.25, 0.3) is 0 Å². The lowest BCUT2D eigenvalue weighted by Crippen LogP contribution is -2.51. The average molecular weight is 523 g/mol. The summed E-state index contributed by atoms with van der Waals surface area (Å²) in [4.78, 5) is 74.1. The number of benzene rings is 1. The molecule has 1 rings (SSSR count). The van der Waals surface area contributed by atoms with Crippen molar-refractivity contribution in [2.24, 2.45) is 35.5 Å². The molecule has 0 heterocycles. The van der Waals surface area contributed by atoms with Crippen LogP contribution in [-0.4, -0.2) is 68.0 Å². The third kappa shape index (κ3) is 7.51. The second-order valence-electron chi connectivity index (χ2n) is 8.49. The van der Waals surface area contributed by atoms with Gasteiger partial charge in [-0.2, -0.15) is 0 Å². The predicted octanol–water partition coefficient (Wildman–Crippen LogP) is 1.96. The molecule has 2 radical (unpaired) electrons. The van der Waals surface area contributed by atoms with Crippen molar-refractivity contribution in [1.29, 1.82) is 0 Å². The van der Waals surface area contributed by atoms with Crippen LogP contribution in [0.5, 0.6) is 0 Å². The quantitative estimate of drug-likeness (QED) is 0.197. The van der Waals surface area contributed by atoms with Crippen LogP contribution in [0.25, 0.3) is 0 Å². The summed E-state index contributed by atoms with van der Waals surface area (Å²) in [7, 11) is 0. The molecular weight excluding hydrogens is 492 g/mol. The van der Waals surface area contributed by atoms with Gasteiger partial charge in [-0.1, -0.05) is 44.2 Å². The number of rotatable bonds is 16. The zero-order chi connectivity index (χ0) is 28.4. The molecule has 0 aliphatic rings. The molecule has 7 atom stereocenters. The number of carboxylic acids is 5. The predicted molar refractivity (Wildman–Crippen MR) is 124 cm³/mol. The first-order valence-electron chi connectivity index (χ1n) is 11.4. The van der Waals surface area contributed by atoms with E-state index in [0.29, 0.717) is 5.56 Å². The highest BCUT2D eigenvalue weighted by molar-refractivity contribution is 5.92.